The van der Waals surface area contributed by atoms with Gasteiger partial charge in [0.1, 0.15) is 11.9 Å². The Bertz CT molecular complexity index is 673. The van der Waals surface area contributed by atoms with Gasteiger partial charge in [0.15, 0.2) is 0 Å². The number of likely N-dealkylation sites (tertiary alicyclic amines) is 1. The lowest BCUT2D eigenvalue weighted by Crippen LogP contribution is -2.54. The molecule has 1 aromatic carbocycles. The van der Waals surface area contributed by atoms with E-state index in [1.54, 1.807) is 12.0 Å². The van der Waals surface area contributed by atoms with Crippen LogP contribution in [0.1, 0.15) is 36.5 Å². The van der Waals surface area contributed by atoms with Crippen LogP contribution in [0.2, 0.25) is 0 Å². The van der Waals surface area contributed by atoms with Crippen LogP contribution in [-0.4, -0.2) is 62.0 Å². The normalized spacial score (nSPS) is 15.8. The van der Waals surface area contributed by atoms with Gasteiger partial charge >= 0.3 is 0 Å². The number of carbonyl (C=O) groups is 3. The monoisotopic (exact) mass is 393 g/mol. The molecule has 2 N–H and O–H groups in total. The van der Waals surface area contributed by atoms with E-state index in [1.165, 1.54) is 24.3 Å². The molecule has 7 nitrogen and oxygen atoms in total. The highest BCUT2D eigenvalue weighted by atomic mass is 19.1. The van der Waals surface area contributed by atoms with Crippen LogP contribution in [0.25, 0.3) is 0 Å². The second kappa shape index (κ2) is 10.8. The predicted octanol–water partition coefficient (Wildman–Crippen LogP) is 1.34. The lowest BCUT2D eigenvalue weighted by molar-refractivity contribution is -0.132. The molecule has 0 saturated carbocycles. The van der Waals surface area contributed by atoms with Gasteiger partial charge in [-0.15, -0.1) is 0 Å². The zero-order chi connectivity index (χ0) is 20.5. The number of hydrogen-bond donors (Lipinski definition) is 2. The van der Waals surface area contributed by atoms with Gasteiger partial charge < -0.3 is 20.3 Å². The summed E-state index contributed by atoms with van der Waals surface area (Å²) < 4.78 is 18.0. The van der Waals surface area contributed by atoms with Crippen LogP contribution in [-0.2, 0) is 14.3 Å². The highest BCUT2D eigenvalue weighted by Crippen LogP contribution is 2.22. The Labute approximate surface area is 164 Å². The molecule has 28 heavy (non-hydrogen) atoms. The molecule has 8 heteroatoms. The van der Waals surface area contributed by atoms with Crippen molar-refractivity contribution < 1.29 is 23.5 Å². The van der Waals surface area contributed by atoms with E-state index in [4.69, 9.17) is 4.74 Å². The third-order valence-electron chi connectivity index (χ3n) is 4.95. The molecule has 1 unspecified atom stereocenters. The Hall–Kier alpha value is -2.48. The highest BCUT2D eigenvalue weighted by Gasteiger charge is 2.33. The fourth-order valence-electron chi connectivity index (χ4n) is 3.32. The van der Waals surface area contributed by atoms with Crippen molar-refractivity contribution in [3.05, 3.63) is 35.6 Å². The van der Waals surface area contributed by atoms with Crippen molar-refractivity contribution in [2.75, 3.05) is 33.4 Å². The first-order valence-corrected chi connectivity index (χ1v) is 9.57. The Morgan fingerprint density at radius 2 is 1.86 bits per heavy atom. The van der Waals surface area contributed by atoms with Crippen molar-refractivity contribution in [1.29, 1.82) is 0 Å². The van der Waals surface area contributed by atoms with Gasteiger partial charge in [0, 0.05) is 38.7 Å². The van der Waals surface area contributed by atoms with E-state index in [2.05, 4.69) is 10.6 Å². The maximum Gasteiger partial charge on any atom is 0.251 e. The molecule has 2 rings (SSSR count). The SMILES string of the molecule is CCC(=O)N1CCC(C(NC(=O)c2ccc(F)cc2)C(=O)NCCOC)CC1. The zero-order valence-corrected chi connectivity index (χ0v) is 16.4. The van der Waals surface area contributed by atoms with E-state index in [9.17, 15) is 18.8 Å². The lowest BCUT2D eigenvalue weighted by Gasteiger charge is -2.35. The van der Waals surface area contributed by atoms with Gasteiger partial charge in [0.2, 0.25) is 11.8 Å². The van der Waals surface area contributed by atoms with Gasteiger partial charge in [-0.1, -0.05) is 6.92 Å². The smallest absolute Gasteiger partial charge is 0.251 e. The first-order valence-electron chi connectivity index (χ1n) is 9.57. The molecular formula is C20H28FN3O4. The first-order chi connectivity index (χ1) is 13.5. The molecule has 0 aromatic heterocycles. The summed E-state index contributed by atoms with van der Waals surface area (Å²) >= 11 is 0. The number of carbonyl (C=O) groups excluding carboxylic acids is 3. The summed E-state index contributed by atoms with van der Waals surface area (Å²) in [5.41, 5.74) is 0.287. The summed E-state index contributed by atoms with van der Waals surface area (Å²) in [5.74, 6) is -1.15. The average Bonchev–Trinajstić information content (AvgIpc) is 2.72. The molecular weight excluding hydrogens is 365 g/mol. The molecule has 1 aliphatic rings. The average molecular weight is 393 g/mol. The minimum Gasteiger partial charge on any atom is -0.383 e. The number of methoxy groups -OCH3 is 1. The maximum atomic E-state index is 13.1. The van der Waals surface area contributed by atoms with E-state index < -0.39 is 17.8 Å². The van der Waals surface area contributed by atoms with Crippen molar-refractivity contribution in [1.82, 2.24) is 15.5 Å². The number of hydrogen-bond acceptors (Lipinski definition) is 4. The molecule has 0 spiro atoms. The van der Waals surface area contributed by atoms with Crippen molar-refractivity contribution in [3.63, 3.8) is 0 Å². The van der Waals surface area contributed by atoms with Crippen LogP contribution in [0.4, 0.5) is 4.39 Å². The molecule has 1 aliphatic heterocycles. The number of piperidine rings is 1. The minimum atomic E-state index is -0.728. The topological polar surface area (TPSA) is 87.7 Å². The first kappa shape index (κ1) is 21.8. The largest absolute Gasteiger partial charge is 0.383 e. The molecule has 0 aliphatic carbocycles. The number of rotatable bonds is 8. The highest BCUT2D eigenvalue weighted by molar-refractivity contribution is 5.97. The summed E-state index contributed by atoms with van der Waals surface area (Å²) in [6.07, 6.45) is 1.70. The fraction of sp³-hybridized carbons (Fsp3) is 0.550. The maximum absolute atomic E-state index is 13.1. The second-order valence-corrected chi connectivity index (χ2v) is 6.81. The van der Waals surface area contributed by atoms with E-state index in [0.717, 1.165) is 0 Å². The van der Waals surface area contributed by atoms with Crippen molar-refractivity contribution in [2.45, 2.75) is 32.2 Å². The Morgan fingerprint density at radius 3 is 2.43 bits per heavy atom. The molecule has 1 aromatic rings. The summed E-state index contributed by atoms with van der Waals surface area (Å²) in [6.45, 7) is 3.65. The second-order valence-electron chi connectivity index (χ2n) is 6.81. The van der Waals surface area contributed by atoms with Crippen LogP contribution in [0.3, 0.4) is 0 Å². The van der Waals surface area contributed by atoms with Gasteiger partial charge in [-0.2, -0.15) is 0 Å². The van der Waals surface area contributed by atoms with Gasteiger partial charge in [-0.05, 0) is 43.0 Å². The van der Waals surface area contributed by atoms with E-state index >= 15 is 0 Å². The van der Waals surface area contributed by atoms with Crippen LogP contribution in [0, 0.1) is 11.7 Å². The molecule has 0 bridgehead atoms. The summed E-state index contributed by atoms with van der Waals surface area (Å²) in [5, 5.41) is 5.56. The lowest BCUT2D eigenvalue weighted by atomic mass is 9.88. The number of nitrogens with one attached hydrogen (secondary N) is 2. The number of nitrogens with zero attached hydrogens (tertiary/aromatic N) is 1. The Balaban J connectivity index is 2.06. The standard InChI is InChI=1S/C20H28FN3O4/c1-3-17(25)24-11-8-14(9-12-24)18(20(27)22-10-13-28-2)23-19(26)15-4-6-16(21)7-5-15/h4-7,14,18H,3,8-13H2,1-2H3,(H,22,27)(H,23,26). The third kappa shape index (κ3) is 6.02. The number of benzene rings is 1. The van der Waals surface area contributed by atoms with Crippen LogP contribution in [0.15, 0.2) is 24.3 Å². The quantitative estimate of drug-likeness (QED) is 0.653. The number of halogens is 1. The van der Waals surface area contributed by atoms with E-state index in [-0.39, 0.29) is 23.3 Å². The molecule has 3 amide bonds. The number of amides is 3. The fourth-order valence-corrected chi connectivity index (χ4v) is 3.32. The van der Waals surface area contributed by atoms with Crippen LogP contribution >= 0.6 is 0 Å². The predicted molar refractivity (Wildman–Crippen MR) is 102 cm³/mol. The summed E-state index contributed by atoms with van der Waals surface area (Å²) in [6, 6.07) is 4.45. The molecule has 1 atom stereocenters. The van der Waals surface area contributed by atoms with Gasteiger partial charge in [-0.25, -0.2) is 4.39 Å². The summed E-state index contributed by atoms with van der Waals surface area (Å²) in [4.78, 5) is 38.9. The van der Waals surface area contributed by atoms with Gasteiger partial charge in [-0.3, -0.25) is 14.4 Å². The van der Waals surface area contributed by atoms with E-state index in [1.807, 2.05) is 6.92 Å². The molecule has 154 valence electrons. The van der Waals surface area contributed by atoms with Crippen LogP contribution < -0.4 is 10.6 Å². The third-order valence-corrected chi connectivity index (χ3v) is 4.95. The molecule has 1 fully saturated rings. The molecule has 0 radical (unpaired) electrons. The van der Waals surface area contributed by atoms with Crippen molar-refractivity contribution in [3.8, 4) is 0 Å². The van der Waals surface area contributed by atoms with Crippen molar-refractivity contribution in [2.24, 2.45) is 5.92 Å². The number of ether oxygens (including phenoxy) is 1. The van der Waals surface area contributed by atoms with E-state index in [0.29, 0.717) is 45.5 Å². The molecule has 1 saturated heterocycles. The summed E-state index contributed by atoms with van der Waals surface area (Å²) in [7, 11) is 1.54. The van der Waals surface area contributed by atoms with Gasteiger partial charge in [0.05, 0.1) is 6.61 Å². The Kier molecular flexibility index (Phi) is 8.38. The zero-order valence-electron chi connectivity index (χ0n) is 16.4. The van der Waals surface area contributed by atoms with Crippen molar-refractivity contribution >= 4 is 17.7 Å². The molecule has 1 heterocycles. The Morgan fingerprint density at radius 1 is 1.21 bits per heavy atom. The van der Waals surface area contributed by atoms with Crippen LogP contribution in [0.5, 0.6) is 0 Å². The van der Waals surface area contributed by atoms with Gasteiger partial charge in [0.25, 0.3) is 5.91 Å². The minimum absolute atomic E-state index is 0.0900.